The Morgan fingerprint density at radius 2 is 1.91 bits per heavy atom. The lowest BCUT2D eigenvalue weighted by Gasteiger charge is -2.14. The topological polar surface area (TPSA) is 51.1 Å². The highest BCUT2D eigenvalue weighted by Gasteiger charge is 2.32. The van der Waals surface area contributed by atoms with Gasteiger partial charge in [0.25, 0.3) is 5.91 Å². The number of hydrogen-bond donors (Lipinski definition) is 0. The molecule has 1 aliphatic rings. The van der Waals surface area contributed by atoms with Crippen molar-refractivity contribution in [1.29, 1.82) is 0 Å². The van der Waals surface area contributed by atoms with Crippen LogP contribution in [0.5, 0.6) is 11.5 Å². The standard InChI is InChI=1S/C23H23Br2ClN2O3S/c1-4-9-31-21-17(25)10-14(11-19(21)30-6-3)12-20-22(29)28(5-2)23(32-20)27-15-7-8-16(24)18(26)13-15/h7-8,10-13H,4-6,9H2,1-3H3/b20-12+,27-23?. The molecular weight excluding hydrogens is 580 g/mol. The zero-order valence-electron chi connectivity index (χ0n) is 18.0. The number of hydrogen-bond acceptors (Lipinski definition) is 5. The number of ether oxygens (including phenoxy) is 2. The van der Waals surface area contributed by atoms with Crippen molar-refractivity contribution < 1.29 is 14.3 Å². The molecular formula is C23H23Br2ClN2O3S. The summed E-state index contributed by atoms with van der Waals surface area (Å²) in [6.45, 7) is 7.53. The summed E-state index contributed by atoms with van der Waals surface area (Å²) in [5.41, 5.74) is 1.52. The number of carbonyl (C=O) groups excluding carboxylic acids is 1. The van der Waals surface area contributed by atoms with Crippen molar-refractivity contribution in [2.24, 2.45) is 4.99 Å². The van der Waals surface area contributed by atoms with Gasteiger partial charge in [0.2, 0.25) is 0 Å². The minimum atomic E-state index is -0.0835. The lowest BCUT2D eigenvalue weighted by atomic mass is 10.2. The molecule has 0 radical (unpaired) electrons. The van der Waals surface area contributed by atoms with Crippen molar-refractivity contribution >= 4 is 78.1 Å². The summed E-state index contributed by atoms with van der Waals surface area (Å²) in [7, 11) is 0. The van der Waals surface area contributed by atoms with Gasteiger partial charge in [0, 0.05) is 11.0 Å². The average molecular weight is 603 g/mol. The minimum absolute atomic E-state index is 0.0835. The van der Waals surface area contributed by atoms with Gasteiger partial charge in [-0.1, -0.05) is 18.5 Å². The lowest BCUT2D eigenvalue weighted by Crippen LogP contribution is -2.28. The number of thioether (sulfide) groups is 1. The van der Waals surface area contributed by atoms with E-state index in [1.807, 2.05) is 44.2 Å². The quantitative estimate of drug-likeness (QED) is 0.291. The van der Waals surface area contributed by atoms with Gasteiger partial charge in [-0.25, -0.2) is 4.99 Å². The fourth-order valence-corrected chi connectivity index (χ4v) is 5.02. The van der Waals surface area contributed by atoms with Gasteiger partial charge in [0.15, 0.2) is 16.7 Å². The fraction of sp³-hybridized carbons (Fsp3) is 0.304. The number of rotatable bonds is 8. The van der Waals surface area contributed by atoms with Crippen LogP contribution in [0.25, 0.3) is 6.08 Å². The summed E-state index contributed by atoms with van der Waals surface area (Å²) in [4.78, 5) is 19.9. The first-order valence-corrected chi connectivity index (χ1v) is 13.0. The number of halogens is 3. The smallest absolute Gasteiger partial charge is 0.266 e. The van der Waals surface area contributed by atoms with Crippen LogP contribution in [0.15, 0.2) is 49.2 Å². The van der Waals surface area contributed by atoms with Gasteiger partial charge in [-0.2, -0.15) is 0 Å². The molecule has 2 aromatic rings. The van der Waals surface area contributed by atoms with Gasteiger partial charge in [0.1, 0.15) is 0 Å². The fourth-order valence-electron chi connectivity index (χ4n) is 2.97. The second-order valence-corrected chi connectivity index (χ2v) is 9.89. The third kappa shape index (κ3) is 5.90. The van der Waals surface area contributed by atoms with Crippen molar-refractivity contribution in [2.45, 2.75) is 27.2 Å². The summed E-state index contributed by atoms with van der Waals surface area (Å²) in [6.07, 6.45) is 2.75. The first kappa shape index (κ1) is 25.1. The number of likely N-dealkylation sites (N-methyl/N-ethyl adjacent to an activating group) is 1. The first-order valence-electron chi connectivity index (χ1n) is 10.2. The Bertz CT molecular complexity index is 1080. The molecule has 0 saturated carbocycles. The summed E-state index contributed by atoms with van der Waals surface area (Å²) >= 11 is 14.5. The molecule has 2 aromatic carbocycles. The largest absolute Gasteiger partial charge is 0.490 e. The van der Waals surface area contributed by atoms with E-state index >= 15 is 0 Å². The van der Waals surface area contributed by atoms with Crippen LogP contribution in [0.2, 0.25) is 5.02 Å². The normalized spacial score (nSPS) is 16.3. The molecule has 1 amide bonds. The van der Waals surface area contributed by atoms with Gasteiger partial charge in [-0.3, -0.25) is 9.69 Å². The monoisotopic (exact) mass is 600 g/mol. The molecule has 3 rings (SSSR count). The van der Waals surface area contributed by atoms with Crippen LogP contribution >= 0.6 is 55.2 Å². The summed E-state index contributed by atoms with van der Waals surface area (Å²) in [5, 5.41) is 1.19. The first-order chi connectivity index (χ1) is 15.4. The molecule has 0 bridgehead atoms. The van der Waals surface area contributed by atoms with Crippen LogP contribution in [0.1, 0.15) is 32.8 Å². The molecule has 0 atom stereocenters. The van der Waals surface area contributed by atoms with Gasteiger partial charge in [-0.15, -0.1) is 0 Å². The second kappa shape index (κ2) is 11.6. The van der Waals surface area contributed by atoms with Crippen LogP contribution in [0, 0.1) is 0 Å². The highest BCUT2D eigenvalue weighted by molar-refractivity contribution is 9.10. The Labute approximate surface area is 214 Å². The van der Waals surface area contributed by atoms with Crippen molar-refractivity contribution in [3.8, 4) is 11.5 Å². The number of carbonyl (C=O) groups is 1. The molecule has 32 heavy (non-hydrogen) atoms. The zero-order chi connectivity index (χ0) is 23.3. The Kier molecular flexibility index (Phi) is 9.11. The van der Waals surface area contributed by atoms with Crippen LogP contribution < -0.4 is 9.47 Å². The van der Waals surface area contributed by atoms with Gasteiger partial charge in [0.05, 0.1) is 33.3 Å². The zero-order valence-corrected chi connectivity index (χ0v) is 22.7. The van der Waals surface area contributed by atoms with E-state index in [4.69, 9.17) is 21.1 Å². The molecule has 170 valence electrons. The highest BCUT2D eigenvalue weighted by atomic mass is 79.9. The van der Waals surface area contributed by atoms with E-state index in [-0.39, 0.29) is 5.91 Å². The Balaban J connectivity index is 1.95. The maximum atomic E-state index is 13.0. The number of nitrogens with zero attached hydrogens (tertiary/aromatic N) is 2. The average Bonchev–Trinajstić information content (AvgIpc) is 3.04. The minimum Gasteiger partial charge on any atom is -0.490 e. The molecule has 0 spiro atoms. The van der Waals surface area contributed by atoms with Crippen LogP contribution in [-0.2, 0) is 4.79 Å². The van der Waals surface area contributed by atoms with E-state index in [2.05, 4.69) is 43.8 Å². The number of benzene rings is 2. The van der Waals surface area contributed by atoms with E-state index in [0.29, 0.717) is 52.0 Å². The molecule has 1 heterocycles. The Morgan fingerprint density at radius 1 is 1.12 bits per heavy atom. The third-order valence-corrected chi connectivity index (χ3v) is 7.24. The predicted molar refractivity (Wildman–Crippen MR) is 140 cm³/mol. The van der Waals surface area contributed by atoms with E-state index in [0.717, 1.165) is 20.9 Å². The molecule has 1 fully saturated rings. The molecule has 0 aliphatic carbocycles. The second-order valence-electron chi connectivity index (χ2n) is 6.76. The molecule has 5 nitrogen and oxygen atoms in total. The highest BCUT2D eigenvalue weighted by Crippen LogP contribution is 2.40. The third-order valence-electron chi connectivity index (χ3n) is 4.41. The molecule has 0 aromatic heterocycles. The van der Waals surface area contributed by atoms with Gasteiger partial charge in [-0.05, 0) is 106 Å². The summed E-state index contributed by atoms with van der Waals surface area (Å²) in [6, 6.07) is 9.27. The van der Waals surface area contributed by atoms with Crippen molar-refractivity contribution in [2.75, 3.05) is 19.8 Å². The maximum absolute atomic E-state index is 13.0. The number of amidine groups is 1. The lowest BCUT2D eigenvalue weighted by molar-refractivity contribution is -0.122. The SMILES string of the molecule is CCCOc1c(Br)cc(/C=C2/SC(=Nc3ccc(Br)c(Cl)c3)N(CC)C2=O)cc1OCC. The van der Waals surface area contributed by atoms with Gasteiger partial charge < -0.3 is 9.47 Å². The van der Waals surface area contributed by atoms with Crippen LogP contribution in [-0.4, -0.2) is 35.7 Å². The molecule has 0 N–H and O–H groups in total. The molecule has 0 unspecified atom stereocenters. The van der Waals surface area contributed by atoms with E-state index in [9.17, 15) is 4.79 Å². The van der Waals surface area contributed by atoms with Crippen molar-refractivity contribution in [3.63, 3.8) is 0 Å². The number of amides is 1. The Morgan fingerprint density at radius 3 is 2.56 bits per heavy atom. The predicted octanol–water partition coefficient (Wildman–Crippen LogP) is 7.68. The summed E-state index contributed by atoms with van der Waals surface area (Å²) in [5.74, 6) is 1.23. The maximum Gasteiger partial charge on any atom is 0.266 e. The van der Waals surface area contributed by atoms with Crippen molar-refractivity contribution in [1.82, 2.24) is 4.90 Å². The van der Waals surface area contributed by atoms with Crippen LogP contribution in [0.4, 0.5) is 5.69 Å². The van der Waals surface area contributed by atoms with E-state index in [1.54, 1.807) is 11.0 Å². The Hall–Kier alpha value is -1.48. The molecule has 1 aliphatic heterocycles. The summed E-state index contributed by atoms with van der Waals surface area (Å²) < 4.78 is 13.2. The van der Waals surface area contributed by atoms with Gasteiger partial charge >= 0.3 is 0 Å². The van der Waals surface area contributed by atoms with Crippen LogP contribution in [0.3, 0.4) is 0 Å². The van der Waals surface area contributed by atoms with Crippen molar-refractivity contribution in [3.05, 3.63) is 54.8 Å². The molecule has 9 heteroatoms. The molecule has 1 saturated heterocycles. The van der Waals surface area contributed by atoms with E-state index < -0.39 is 0 Å². The van der Waals surface area contributed by atoms with E-state index in [1.165, 1.54) is 11.8 Å². The number of aliphatic imine (C=N–C) groups is 1.